The van der Waals surface area contributed by atoms with E-state index >= 15 is 0 Å². The highest BCUT2D eigenvalue weighted by molar-refractivity contribution is 6.12. The number of benzene rings is 2. The number of pyridine rings is 1. The maximum absolute atomic E-state index is 13.7. The molecule has 0 spiro atoms. The molecule has 2 aromatic carbocycles. The summed E-state index contributed by atoms with van der Waals surface area (Å²) in [6.45, 7) is 0. The second-order valence-corrected chi connectivity index (χ2v) is 7.34. The van der Waals surface area contributed by atoms with Crippen LogP contribution in [0.1, 0.15) is 22.3 Å². The van der Waals surface area contributed by atoms with Gasteiger partial charge in [-0.2, -0.15) is 0 Å². The highest BCUT2D eigenvalue weighted by Crippen LogP contribution is 2.57. The van der Waals surface area contributed by atoms with Gasteiger partial charge in [-0.3, -0.25) is 9.59 Å². The van der Waals surface area contributed by atoms with Crippen molar-refractivity contribution in [3.8, 4) is 11.5 Å². The molecule has 1 aliphatic carbocycles. The number of Topliss-reactive ketones (excluding diaryl/α,β-unsaturated/α-hetero) is 1. The number of amides is 1. The van der Waals surface area contributed by atoms with E-state index < -0.39 is 17.2 Å². The van der Waals surface area contributed by atoms with Crippen LogP contribution in [0.3, 0.4) is 0 Å². The van der Waals surface area contributed by atoms with Crippen LogP contribution in [0.25, 0.3) is 0 Å². The third kappa shape index (κ3) is 3.74. The molecule has 31 heavy (non-hydrogen) atoms. The average molecular weight is 420 g/mol. The van der Waals surface area contributed by atoms with E-state index in [1.165, 1.54) is 26.4 Å². The van der Waals surface area contributed by atoms with Crippen molar-refractivity contribution in [2.24, 2.45) is 5.92 Å². The molecule has 7 heteroatoms. The Morgan fingerprint density at radius 3 is 2.42 bits per heavy atom. The Kier molecular flexibility index (Phi) is 5.42. The van der Waals surface area contributed by atoms with Crippen LogP contribution in [-0.4, -0.2) is 30.9 Å². The maximum atomic E-state index is 13.7. The molecule has 1 heterocycles. The molecule has 1 N–H and O–H groups in total. The fourth-order valence-corrected chi connectivity index (χ4v) is 3.91. The summed E-state index contributed by atoms with van der Waals surface area (Å²) in [6.07, 6.45) is 1.39. The number of ketones is 1. The Hall–Kier alpha value is -3.74. The molecule has 1 saturated carbocycles. The van der Waals surface area contributed by atoms with E-state index in [2.05, 4.69) is 10.3 Å². The van der Waals surface area contributed by atoms with Crippen LogP contribution >= 0.6 is 0 Å². The zero-order chi connectivity index (χ0) is 22.0. The summed E-state index contributed by atoms with van der Waals surface area (Å²) in [4.78, 5) is 30.5. The first kappa shape index (κ1) is 20.5. The van der Waals surface area contributed by atoms with E-state index in [0.717, 1.165) is 11.8 Å². The van der Waals surface area contributed by atoms with E-state index in [4.69, 9.17) is 9.47 Å². The van der Waals surface area contributed by atoms with Crippen LogP contribution < -0.4 is 14.8 Å². The molecule has 158 valence electrons. The first-order valence-corrected chi connectivity index (χ1v) is 9.74. The lowest BCUT2D eigenvalue weighted by Crippen LogP contribution is -2.28. The standard InChI is InChI=1S/C24H21FN2O4/c1-30-19-10-8-15(12-20(19)31-2)22(28)24(16-6-4-3-5-7-16)13-18(24)23(29)27-21-11-9-17(25)14-26-21/h3-12,14,18H,13H2,1-2H3,(H,26,27,29). The van der Waals surface area contributed by atoms with Gasteiger partial charge in [0.2, 0.25) is 5.91 Å². The van der Waals surface area contributed by atoms with Gasteiger partial charge in [0, 0.05) is 5.56 Å². The quantitative estimate of drug-likeness (QED) is 0.585. The lowest BCUT2D eigenvalue weighted by atomic mass is 9.85. The fraction of sp³-hybridized carbons (Fsp3) is 0.208. The summed E-state index contributed by atoms with van der Waals surface area (Å²) >= 11 is 0. The van der Waals surface area contributed by atoms with Gasteiger partial charge < -0.3 is 14.8 Å². The van der Waals surface area contributed by atoms with E-state index in [1.54, 1.807) is 18.2 Å². The number of hydrogen-bond donors (Lipinski definition) is 1. The molecule has 0 radical (unpaired) electrons. The Bertz CT molecular complexity index is 1120. The number of nitrogens with zero attached hydrogens (tertiary/aromatic N) is 1. The van der Waals surface area contributed by atoms with Gasteiger partial charge in [-0.15, -0.1) is 0 Å². The van der Waals surface area contributed by atoms with Crippen molar-refractivity contribution in [3.63, 3.8) is 0 Å². The molecule has 2 unspecified atom stereocenters. The van der Waals surface area contributed by atoms with Gasteiger partial charge in [-0.1, -0.05) is 30.3 Å². The van der Waals surface area contributed by atoms with Crippen LogP contribution in [0.2, 0.25) is 0 Å². The summed E-state index contributed by atoms with van der Waals surface area (Å²) in [5.74, 6) is -0.398. The zero-order valence-corrected chi connectivity index (χ0v) is 17.1. The van der Waals surface area contributed by atoms with E-state index in [9.17, 15) is 14.0 Å². The number of carbonyl (C=O) groups excluding carboxylic acids is 2. The molecule has 6 nitrogen and oxygen atoms in total. The van der Waals surface area contributed by atoms with Crippen molar-refractivity contribution in [2.45, 2.75) is 11.8 Å². The Morgan fingerprint density at radius 2 is 1.77 bits per heavy atom. The number of nitrogens with one attached hydrogen (secondary N) is 1. The summed E-state index contributed by atoms with van der Waals surface area (Å²) in [6, 6.07) is 16.8. The number of methoxy groups -OCH3 is 2. The second-order valence-electron chi connectivity index (χ2n) is 7.34. The van der Waals surface area contributed by atoms with Crippen molar-refractivity contribution in [1.29, 1.82) is 0 Å². The summed E-state index contributed by atoms with van der Waals surface area (Å²) in [7, 11) is 3.03. The number of carbonyl (C=O) groups is 2. The minimum Gasteiger partial charge on any atom is -0.493 e. The van der Waals surface area contributed by atoms with Gasteiger partial charge in [0.05, 0.1) is 31.7 Å². The largest absolute Gasteiger partial charge is 0.493 e. The first-order chi connectivity index (χ1) is 15.0. The minimum absolute atomic E-state index is 0.174. The number of ether oxygens (including phenoxy) is 2. The SMILES string of the molecule is COc1ccc(C(=O)C2(c3ccccc3)CC2C(=O)Nc2ccc(F)cn2)cc1OC. The minimum atomic E-state index is -0.995. The molecule has 0 aliphatic heterocycles. The molecule has 0 bridgehead atoms. The van der Waals surface area contributed by atoms with E-state index in [0.29, 0.717) is 23.5 Å². The van der Waals surface area contributed by atoms with E-state index in [-0.39, 0.29) is 17.5 Å². The van der Waals surface area contributed by atoms with E-state index in [1.807, 2.05) is 30.3 Å². The van der Waals surface area contributed by atoms with Crippen molar-refractivity contribution < 1.29 is 23.5 Å². The van der Waals surface area contributed by atoms with Gasteiger partial charge >= 0.3 is 0 Å². The molecular weight excluding hydrogens is 399 g/mol. The monoisotopic (exact) mass is 420 g/mol. The normalized spacial score (nSPS) is 19.4. The number of hydrogen-bond acceptors (Lipinski definition) is 5. The van der Waals surface area contributed by atoms with Crippen molar-refractivity contribution >= 4 is 17.5 Å². The van der Waals surface area contributed by atoms with Crippen LogP contribution in [0.4, 0.5) is 10.2 Å². The Morgan fingerprint density at radius 1 is 1.03 bits per heavy atom. The highest BCUT2D eigenvalue weighted by atomic mass is 19.1. The second kappa shape index (κ2) is 8.18. The van der Waals surface area contributed by atoms with Gasteiger partial charge in [0.25, 0.3) is 0 Å². The summed E-state index contributed by atoms with van der Waals surface area (Å²) in [5, 5.41) is 2.69. The van der Waals surface area contributed by atoms with Crippen molar-refractivity contribution in [2.75, 3.05) is 19.5 Å². The molecule has 1 fully saturated rings. The number of anilines is 1. The fourth-order valence-electron chi connectivity index (χ4n) is 3.91. The molecule has 1 aromatic heterocycles. The molecular formula is C24H21FN2O4. The third-order valence-electron chi connectivity index (χ3n) is 5.60. The lowest BCUT2D eigenvalue weighted by Gasteiger charge is -2.18. The van der Waals surface area contributed by atoms with Crippen LogP contribution in [-0.2, 0) is 10.2 Å². The highest BCUT2D eigenvalue weighted by Gasteiger charge is 2.64. The van der Waals surface area contributed by atoms with Crippen LogP contribution in [0.5, 0.6) is 11.5 Å². The van der Waals surface area contributed by atoms with Gasteiger partial charge in [-0.05, 0) is 42.3 Å². The van der Waals surface area contributed by atoms with Crippen molar-refractivity contribution in [1.82, 2.24) is 4.98 Å². The van der Waals surface area contributed by atoms with Gasteiger partial charge in [0.1, 0.15) is 11.6 Å². The topological polar surface area (TPSA) is 77.5 Å². The number of halogens is 1. The lowest BCUT2D eigenvalue weighted by molar-refractivity contribution is -0.117. The Balaban J connectivity index is 1.67. The molecule has 1 amide bonds. The van der Waals surface area contributed by atoms with Gasteiger partial charge in [0.15, 0.2) is 17.3 Å². The summed E-state index contributed by atoms with van der Waals surface area (Å²) < 4.78 is 23.7. The molecule has 1 aliphatic rings. The smallest absolute Gasteiger partial charge is 0.230 e. The van der Waals surface area contributed by atoms with Crippen molar-refractivity contribution in [3.05, 3.63) is 83.8 Å². The molecule has 0 saturated heterocycles. The van der Waals surface area contributed by atoms with Crippen LogP contribution in [0, 0.1) is 11.7 Å². The predicted octanol–water partition coefficient (Wildman–Crippen LogP) is 4.02. The maximum Gasteiger partial charge on any atom is 0.230 e. The molecule has 3 aromatic rings. The Labute approximate surface area is 179 Å². The predicted molar refractivity (Wildman–Crippen MR) is 113 cm³/mol. The summed E-state index contributed by atoms with van der Waals surface area (Å²) in [5.41, 5.74) is 0.198. The van der Waals surface area contributed by atoms with Crippen LogP contribution in [0.15, 0.2) is 66.9 Å². The first-order valence-electron chi connectivity index (χ1n) is 9.74. The third-order valence-corrected chi connectivity index (χ3v) is 5.60. The zero-order valence-electron chi connectivity index (χ0n) is 17.1. The number of aromatic nitrogens is 1. The molecule has 4 rings (SSSR count). The number of rotatable bonds is 7. The average Bonchev–Trinajstić information content (AvgIpc) is 3.57. The van der Waals surface area contributed by atoms with Gasteiger partial charge in [-0.25, -0.2) is 9.37 Å². The molecule has 2 atom stereocenters.